The van der Waals surface area contributed by atoms with E-state index in [2.05, 4.69) is 66.8 Å². The second-order valence-electron chi connectivity index (χ2n) is 9.66. The van der Waals surface area contributed by atoms with E-state index in [1.54, 1.807) is 0 Å². The summed E-state index contributed by atoms with van der Waals surface area (Å²) < 4.78 is 5.64. The van der Waals surface area contributed by atoms with Crippen molar-refractivity contribution in [2.75, 3.05) is 32.8 Å². The average Bonchev–Trinajstić information content (AvgIpc) is 2.85. The number of amides is 3. The van der Waals surface area contributed by atoms with Crippen molar-refractivity contribution in [2.24, 2.45) is 5.92 Å². The number of hydrogen-bond donors (Lipinski definition) is 1. The number of benzene rings is 2. The van der Waals surface area contributed by atoms with Crippen molar-refractivity contribution in [2.45, 2.75) is 44.2 Å². The van der Waals surface area contributed by atoms with E-state index in [-0.39, 0.29) is 30.7 Å². The van der Waals surface area contributed by atoms with E-state index in [4.69, 9.17) is 4.74 Å². The van der Waals surface area contributed by atoms with Crippen molar-refractivity contribution in [1.29, 1.82) is 0 Å². The van der Waals surface area contributed by atoms with Crippen molar-refractivity contribution >= 4 is 11.9 Å². The number of likely N-dealkylation sites (tertiary alicyclic amines) is 2. The van der Waals surface area contributed by atoms with Gasteiger partial charge in [0, 0.05) is 32.1 Å². The van der Waals surface area contributed by atoms with Gasteiger partial charge in [-0.1, -0.05) is 60.2 Å². The van der Waals surface area contributed by atoms with Crippen molar-refractivity contribution in [3.8, 4) is 0 Å². The zero-order valence-corrected chi connectivity index (χ0v) is 19.3. The second kappa shape index (κ2) is 9.56. The molecule has 6 heteroatoms. The predicted molar refractivity (Wildman–Crippen MR) is 127 cm³/mol. The fraction of sp³-hybridized carbons (Fsp3) is 0.481. The van der Waals surface area contributed by atoms with Gasteiger partial charge in [0.2, 0.25) is 5.91 Å². The highest BCUT2D eigenvalue weighted by Crippen LogP contribution is 2.38. The van der Waals surface area contributed by atoms with Gasteiger partial charge >= 0.3 is 6.03 Å². The summed E-state index contributed by atoms with van der Waals surface area (Å²) in [7, 11) is 0. The molecule has 3 saturated heterocycles. The molecule has 3 heterocycles. The SMILES string of the molecule is Cc1ccc([C@H](c2ccccc2)C2CCN(C(=O)N3CC[C@@H]4OCC(=O)N[C@@H]4C3)CC2)cc1. The molecule has 33 heavy (non-hydrogen) atoms. The van der Waals surface area contributed by atoms with Gasteiger partial charge in [-0.25, -0.2) is 4.79 Å². The first-order valence-corrected chi connectivity index (χ1v) is 12.1. The van der Waals surface area contributed by atoms with Crippen molar-refractivity contribution in [3.05, 3.63) is 71.3 Å². The molecule has 2 aromatic carbocycles. The minimum Gasteiger partial charge on any atom is -0.366 e. The molecule has 3 atom stereocenters. The van der Waals surface area contributed by atoms with Crippen LogP contribution in [0.5, 0.6) is 0 Å². The molecule has 3 aliphatic rings. The molecule has 3 amide bonds. The monoisotopic (exact) mass is 447 g/mol. The lowest BCUT2D eigenvalue weighted by Crippen LogP contribution is -2.62. The summed E-state index contributed by atoms with van der Waals surface area (Å²) in [5.41, 5.74) is 3.97. The van der Waals surface area contributed by atoms with Crippen LogP contribution in [0, 0.1) is 12.8 Å². The minimum absolute atomic E-state index is 0.0265. The van der Waals surface area contributed by atoms with Gasteiger partial charge in [-0.15, -0.1) is 0 Å². The van der Waals surface area contributed by atoms with Gasteiger partial charge in [0.25, 0.3) is 0 Å². The Morgan fingerprint density at radius 2 is 1.61 bits per heavy atom. The molecule has 6 nitrogen and oxygen atoms in total. The first-order chi connectivity index (χ1) is 16.1. The largest absolute Gasteiger partial charge is 0.366 e. The summed E-state index contributed by atoms with van der Waals surface area (Å²) in [6.45, 7) is 5.01. The van der Waals surface area contributed by atoms with Crippen LogP contribution in [0.15, 0.2) is 54.6 Å². The molecule has 0 radical (unpaired) electrons. The molecule has 2 aromatic rings. The third-order valence-electron chi connectivity index (χ3n) is 7.47. The maximum atomic E-state index is 13.3. The standard InChI is InChI=1S/C27H33N3O3/c1-19-7-9-21(10-8-19)26(20-5-3-2-4-6-20)22-11-14-29(15-12-22)27(32)30-16-13-24-23(17-30)28-25(31)18-33-24/h2-10,22-24,26H,11-18H2,1H3,(H,28,31)/t23-,24+,26+/m1/s1. The number of ether oxygens (including phenoxy) is 1. The molecular weight excluding hydrogens is 414 g/mol. The smallest absolute Gasteiger partial charge is 0.320 e. The quantitative estimate of drug-likeness (QED) is 0.783. The molecule has 0 unspecified atom stereocenters. The van der Waals surface area contributed by atoms with Crippen molar-refractivity contribution in [1.82, 2.24) is 15.1 Å². The van der Waals surface area contributed by atoms with Crippen LogP contribution in [0.3, 0.4) is 0 Å². The topological polar surface area (TPSA) is 61.9 Å². The number of carbonyl (C=O) groups is 2. The molecule has 1 N–H and O–H groups in total. The highest BCUT2D eigenvalue weighted by molar-refractivity contribution is 5.79. The number of nitrogens with zero attached hydrogens (tertiary/aromatic N) is 2. The number of morpholine rings is 1. The van der Waals surface area contributed by atoms with Gasteiger partial charge in [-0.05, 0) is 43.2 Å². The number of hydrogen-bond acceptors (Lipinski definition) is 3. The van der Waals surface area contributed by atoms with Crippen LogP contribution in [0.1, 0.15) is 41.9 Å². The average molecular weight is 448 g/mol. The Bertz CT molecular complexity index is 970. The lowest BCUT2D eigenvalue weighted by molar-refractivity contribution is -0.139. The number of aryl methyl sites for hydroxylation is 1. The zero-order valence-electron chi connectivity index (χ0n) is 19.3. The van der Waals surface area contributed by atoms with E-state index in [1.807, 2.05) is 9.80 Å². The number of nitrogens with one attached hydrogen (secondary N) is 1. The van der Waals surface area contributed by atoms with Crippen LogP contribution in [0.25, 0.3) is 0 Å². The molecule has 0 aromatic heterocycles. The van der Waals surface area contributed by atoms with E-state index in [9.17, 15) is 9.59 Å². The molecule has 0 saturated carbocycles. The summed E-state index contributed by atoms with van der Waals surface area (Å²) in [5, 5.41) is 2.99. The number of carbonyl (C=O) groups excluding carboxylic acids is 2. The van der Waals surface area contributed by atoms with Gasteiger partial charge < -0.3 is 19.9 Å². The molecule has 0 bridgehead atoms. The number of piperidine rings is 2. The summed E-state index contributed by atoms with van der Waals surface area (Å²) in [6, 6.07) is 19.7. The first-order valence-electron chi connectivity index (χ1n) is 12.1. The van der Waals surface area contributed by atoms with Crippen molar-refractivity contribution in [3.63, 3.8) is 0 Å². The molecular formula is C27H33N3O3. The third-order valence-corrected chi connectivity index (χ3v) is 7.47. The second-order valence-corrected chi connectivity index (χ2v) is 9.66. The lowest BCUT2D eigenvalue weighted by atomic mass is 9.76. The Morgan fingerprint density at radius 3 is 2.33 bits per heavy atom. The third kappa shape index (κ3) is 4.76. The summed E-state index contributed by atoms with van der Waals surface area (Å²) in [5.74, 6) is 0.750. The van der Waals surface area contributed by atoms with Gasteiger partial charge in [-0.3, -0.25) is 4.79 Å². The Labute approximate surface area is 195 Å². The Morgan fingerprint density at radius 1 is 0.939 bits per heavy atom. The van der Waals surface area contributed by atoms with E-state index in [0.29, 0.717) is 24.9 Å². The molecule has 3 fully saturated rings. The van der Waals surface area contributed by atoms with E-state index in [1.165, 1.54) is 16.7 Å². The molecule has 0 aliphatic carbocycles. The van der Waals surface area contributed by atoms with Crippen LogP contribution in [-0.2, 0) is 9.53 Å². The lowest BCUT2D eigenvalue weighted by Gasteiger charge is -2.44. The van der Waals surface area contributed by atoms with Gasteiger partial charge in [-0.2, -0.15) is 0 Å². The highest BCUT2D eigenvalue weighted by atomic mass is 16.5. The zero-order chi connectivity index (χ0) is 22.8. The Hall–Kier alpha value is -2.86. The van der Waals surface area contributed by atoms with Gasteiger partial charge in [0.1, 0.15) is 6.61 Å². The number of rotatable bonds is 3. The highest BCUT2D eigenvalue weighted by Gasteiger charge is 2.38. The first kappa shape index (κ1) is 22.0. The fourth-order valence-electron chi connectivity index (χ4n) is 5.67. The van der Waals surface area contributed by atoms with Crippen LogP contribution >= 0.6 is 0 Å². The maximum absolute atomic E-state index is 13.3. The van der Waals surface area contributed by atoms with E-state index in [0.717, 1.165) is 32.4 Å². The maximum Gasteiger partial charge on any atom is 0.320 e. The molecule has 0 spiro atoms. The van der Waals surface area contributed by atoms with Gasteiger partial charge in [0.15, 0.2) is 0 Å². The minimum atomic E-state index is -0.0921. The van der Waals surface area contributed by atoms with Crippen molar-refractivity contribution < 1.29 is 14.3 Å². The summed E-state index contributed by atoms with van der Waals surface area (Å²) in [4.78, 5) is 28.9. The summed E-state index contributed by atoms with van der Waals surface area (Å²) >= 11 is 0. The fourth-order valence-corrected chi connectivity index (χ4v) is 5.67. The molecule has 3 aliphatic heterocycles. The molecule has 174 valence electrons. The van der Waals surface area contributed by atoms with Crippen LogP contribution in [0.4, 0.5) is 4.79 Å². The van der Waals surface area contributed by atoms with E-state index >= 15 is 0 Å². The molecule has 5 rings (SSSR count). The van der Waals surface area contributed by atoms with E-state index < -0.39 is 0 Å². The van der Waals surface area contributed by atoms with Gasteiger partial charge in [0.05, 0.1) is 12.1 Å². The van der Waals surface area contributed by atoms with Crippen LogP contribution in [-0.4, -0.2) is 66.7 Å². The predicted octanol–water partition coefficient (Wildman–Crippen LogP) is 3.55. The number of fused-ring (bicyclic) bond motifs is 1. The summed E-state index contributed by atoms with van der Waals surface area (Å²) in [6.07, 6.45) is 2.77. The number of urea groups is 1. The Balaban J connectivity index is 1.25. The van der Waals surface area contributed by atoms with Crippen LogP contribution in [0.2, 0.25) is 0 Å². The Kier molecular flexibility index (Phi) is 6.36. The normalized spacial score (nSPS) is 24.7. The van der Waals surface area contributed by atoms with Crippen LogP contribution < -0.4 is 5.32 Å².